The lowest BCUT2D eigenvalue weighted by Gasteiger charge is -2.27. The van der Waals surface area contributed by atoms with Crippen molar-refractivity contribution in [3.63, 3.8) is 0 Å². The van der Waals surface area contributed by atoms with Crippen molar-refractivity contribution in [2.45, 2.75) is 18.6 Å². The molecule has 3 rings (SSSR count). The smallest absolute Gasteiger partial charge is 0.0810 e. The zero-order chi connectivity index (χ0) is 9.54. The van der Waals surface area contributed by atoms with Gasteiger partial charge in [-0.15, -0.1) is 0 Å². The minimum absolute atomic E-state index is 0.317. The molecule has 0 spiro atoms. The maximum Gasteiger partial charge on any atom is 0.0810 e. The van der Waals surface area contributed by atoms with E-state index in [0.29, 0.717) is 12.1 Å². The molecule has 1 N–H and O–H groups in total. The highest BCUT2D eigenvalue weighted by atomic mass is 35.5. The highest BCUT2D eigenvalue weighted by Gasteiger charge is 2.34. The molecule has 2 aliphatic rings. The van der Waals surface area contributed by atoms with Crippen molar-refractivity contribution in [2.75, 3.05) is 13.2 Å². The Labute approximate surface area is 88.2 Å². The van der Waals surface area contributed by atoms with Crippen LogP contribution in [0, 0.1) is 0 Å². The van der Waals surface area contributed by atoms with Crippen LogP contribution in [0.25, 0.3) is 0 Å². The predicted molar refractivity (Wildman–Crippen MR) is 55.6 cm³/mol. The number of rotatable bonds is 0. The van der Waals surface area contributed by atoms with Gasteiger partial charge in [-0.05, 0) is 23.3 Å². The van der Waals surface area contributed by atoms with Gasteiger partial charge in [0.25, 0.3) is 0 Å². The first-order chi connectivity index (χ1) is 6.84. The Kier molecular flexibility index (Phi) is 2.01. The molecule has 1 aromatic rings. The van der Waals surface area contributed by atoms with Crippen molar-refractivity contribution in [3.05, 3.63) is 34.3 Å². The number of nitrogens with one attached hydrogen (secondary N) is 1. The molecule has 1 aliphatic heterocycles. The Balaban J connectivity index is 2.01. The van der Waals surface area contributed by atoms with Gasteiger partial charge in [0.1, 0.15) is 0 Å². The zero-order valence-corrected chi connectivity index (χ0v) is 8.55. The summed E-state index contributed by atoms with van der Waals surface area (Å²) in [7, 11) is 0. The van der Waals surface area contributed by atoms with Gasteiger partial charge in [0.15, 0.2) is 0 Å². The standard InChI is InChI=1S/C11H12ClNO/c12-8-1-2-9-7(5-8)6-10-11(9)13-3-4-14-10/h1-2,5,10-11,13H,3-4,6H2/t10-,11+/m1/s1. The SMILES string of the molecule is Clc1ccc2c(c1)C[C@H]1OCCN[C@@H]21. The molecule has 3 heteroatoms. The molecule has 1 aromatic carbocycles. The molecule has 2 atom stereocenters. The lowest BCUT2D eigenvalue weighted by Crippen LogP contribution is -2.39. The molecule has 1 heterocycles. The summed E-state index contributed by atoms with van der Waals surface area (Å²) in [4.78, 5) is 0. The van der Waals surface area contributed by atoms with Crippen LogP contribution in [0.5, 0.6) is 0 Å². The summed E-state index contributed by atoms with van der Waals surface area (Å²) in [6.07, 6.45) is 1.31. The van der Waals surface area contributed by atoms with Crippen molar-refractivity contribution >= 4 is 11.6 Å². The van der Waals surface area contributed by atoms with Crippen LogP contribution in [0.4, 0.5) is 0 Å². The Hall–Kier alpha value is -0.570. The second-order valence-electron chi connectivity index (χ2n) is 3.89. The first kappa shape index (κ1) is 8.72. The molecule has 1 saturated heterocycles. The molecule has 0 radical (unpaired) electrons. The molecule has 1 fully saturated rings. The number of hydrogen-bond acceptors (Lipinski definition) is 2. The normalized spacial score (nSPS) is 29.8. The third kappa shape index (κ3) is 1.26. The maximum atomic E-state index is 5.96. The van der Waals surface area contributed by atoms with E-state index in [2.05, 4.69) is 17.4 Å². The average molecular weight is 210 g/mol. The van der Waals surface area contributed by atoms with Crippen LogP contribution in [0.2, 0.25) is 5.02 Å². The fourth-order valence-corrected chi connectivity index (χ4v) is 2.61. The van der Waals surface area contributed by atoms with Crippen molar-refractivity contribution in [3.8, 4) is 0 Å². The molecule has 74 valence electrons. The Morgan fingerprint density at radius 1 is 1.43 bits per heavy atom. The summed E-state index contributed by atoms with van der Waals surface area (Å²) >= 11 is 5.96. The van der Waals surface area contributed by atoms with Gasteiger partial charge < -0.3 is 10.1 Å². The molecular formula is C11H12ClNO. The Bertz CT molecular complexity index is 366. The molecule has 0 amide bonds. The van der Waals surface area contributed by atoms with E-state index in [1.165, 1.54) is 11.1 Å². The molecule has 0 bridgehead atoms. The van der Waals surface area contributed by atoms with E-state index >= 15 is 0 Å². The maximum absolute atomic E-state index is 5.96. The summed E-state index contributed by atoms with van der Waals surface area (Å²) in [6.45, 7) is 1.77. The van der Waals surface area contributed by atoms with Crippen LogP contribution in [-0.2, 0) is 11.2 Å². The molecule has 14 heavy (non-hydrogen) atoms. The lowest BCUT2D eigenvalue weighted by atomic mass is 10.1. The van der Waals surface area contributed by atoms with Crippen molar-refractivity contribution in [1.29, 1.82) is 0 Å². The predicted octanol–water partition coefficient (Wildman–Crippen LogP) is 1.93. The fourth-order valence-electron chi connectivity index (χ4n) is 2.41. The van der Waals surface area contributed by atoms with Gasteiger partial charge >= 0.3 is 0 Å². The molecule has 0 unspecified atom stereocenters. The second kappa shape index (κ2) is 3.23. The van der Waals surface area contributed by atoms with Crippen LogP contribution < -0.4 is 5.32 Å². The summed E-state index contributed by atoms with van der Waals surface area (Å²) < 4.78 is 5.72. The summed E-state index contributed by atoms with van der Waals surface area (Å²) in [6, 6.07) is 6.51. The second-order valence-corrected chi connectivity index (χ2v) is 4.32. The number of ether oxygens (including phenoxy) is 1. The Morgan fingerprint density at radius 3 is 3.29 bits per heavy atom. The monoisotopic (exact) mass is 209 g/mol. The number of hydrogen-bond donors (Lipinski definition) is 1. The van der Waals surface area contributed by atoms with Crippen LogP contribution in [-0.4, -0.2) is 19.3 Å². The highest BCUT2D eigenvalue weighted by Crippen LogP contribution is 2.35. The molecule has 1 aliphatic carbocycles. The quantitative estimate of drug-likeness (QED) is 0.705. The third-order valence-corrected chi connectivity index (χ3v) is 3.27. The van der Waals surface area contributed by atoms with E-state index in [9.17, 15) is 0 Å². The number of benzene rings is 1. The minimum Gasteiger partial charge on any atom is -0.375 e. The molecule has 0 saturated carbocycles. The summed E-state index contributed by atoms with van der Waals surface area (Å²) in [5, 5.41) is 4.31. The highest BCUT2D eigenvalue weighted by molar-refractivity contribution is 6.30. The van der Waals surface area contributed by atoms with Gasteiger partial charge in [-0.25, -0.2) is 0 Å². The minimum atomic E-state index is 0.317. The van der Waals surface area contributed by atoms with Gasteiger partial charge in [-0.3, -0.25) is 0 Å². The first-order valence-electron chi connectivity index (χ1n) is 4.98. The Morgan fingerprint density at radius 2 is 2.36 bits per heavy atom. The summed E-state index contributed by atoms with van der Waals surface area (Å²) in [5.74, 6) is 0. The van der Waals surface area contributed by atoms with Crippen molar-refractivity contribution < 1.29 is 4.74 Å². The van der Waals surface area contributed by atoms with Crippen LogP contribution in [0.3, 0.4) is 0 Å². The number of fused-ring (bicyclic) bond motifs is 3. The summed E-state index contributed by atoms with van der Waals surface area (Å²) in [5.41, 5.74) is 2.70. The van der Waals surface area contributed by atoms with E-state index in [1.54, 1.807) is 0 Å². The van der Waals surface area contributed by atoms with E-state index in [4.69, 9.17) is 16.3 Å². The van der Waals surface area contributed by atoms with Gasteiger partial charge in [0, 0.05) is 18.0 Å². The van der Waals surface area contributed by atoms with Crippen LogP contribution >= 0.6 is 11.6 Å². The topological polar surface area (TPSA) is 21.3 Å². The molecule has 0 aromatic heterocycles. The zero-order valence-electron chi connectivity index (χ0n) is 7.79. The number of morpholine rings is 1. The van der Waals surface area contributed by atoms with Gasteiger partial charge in [0.2, 0.25) is 0 Å². The van der Waals surface area contributed by atoms with Crippen molar-refractivity contribution in [1.82, 2.24) is 5.32 Å². The van der Waals surface area contributed by atoms with E-state index < -0.39 is 0 Å². The molecular weight excluding hydrogens is 198 g/mol. The van der Waals surface area contributed by atoms with E-state index in [0.717, 1.165) is 24.6 Å². The lowest BCUT2D eigenvalue weighted by molar-refractivity contribution is 0.00503. The van der Waals surface area contributed by atoms with Gasteiger partial charge in [0.05, 0.1) is 18.8 Å². The van der Waals surface area contributed by atoms with Crippen LogP contribution in [0.15, 0.2) is 18.2 Å². The average Bonchev–Trinajstić information content (AvgIpc) is 2.54. The van der Waals surface area contributed by atoms with Gasteiger partial charge in [-0.1, -0.05) is 17.7 Å². The van der Waals surface area contributed by atoms with E-state index in [1.807, 2.05) is 6.07 Å². The molecule has 2 nitrogen and oxygen atoms in total. The van der Waals surface area contributed by atoms with Crippen molar-refractivity contribution in [2.24, 2.45) is 0 Å². The van der Waals surface area contributed by atoms with E-state index in [-0.39, 0.29) is 0 Å². The van der Waals surface area contributed by atoms with Crippen LogP contribution in [0.1, 0.15) is 17.2 Å². The largest absolute Gasteiger partial charge is 0.375 e. The number of halogens is 1. The first-order valence-corrected chi connectivity index (χ1v) is 5.36. The third-order valence-electron chi connectivity index (χ3n) is 3.03. The fraction of sp³-hybridized carbons (Fsp3) is 0.455. The van der Waals surface area contributed by atoms with Gasteiger partial charge in [-0.2, -0.15) is 0 Å².